The van der Waals surface area contributed by atoms with Crippen molar-refractivity contribution in [2.75, 3.05) is 0 Å². The Morgan fingerprint density at radius 3 is 2.67 bits per heavy atom. The van der Waals surface area contributed by atoms with E-state index < -0.39 is 0 Å². The average Bonchev–Trinajstić information content (AvgIpc) is 2.98. The first-order chi connectivity index (χ1) is 8.72. The quantitative estimate of drug-likeness (QED) is 0.880. The van der Waals surface area contributed by atoms with Gasteiger partial charge >= 0.3 is 0 Å². The van der Waals surface area contributed by atoms with Gasteiger partial charge in [0.25, 0.3) is 0 Å². The third kappa shape index (κ3) is 2.16. The average molecular weight is 243 g/mol. The molecular weight excluding hydrogens is 226 g/mol. The van der Waals surface area contributed by atoms with Gasteiger partial charge in [-0.3, -0.25) is 0 Å². The number of aromatic nitrogens is 2. The van der Waals surface area contributed by atoms with E-state index in [0.717, 1.165) is 30.7 Å². The van der Waals surface area contributed by atoms with Gasteiger partial charge in [0.2, 0.25) is 11.7 Å². The molecule has 1 aromatic carbocycles. The lowest BCUT2D eigenvalue weighted by molar-refractivity contribution is 0.353. The predicted octanol–water partition coefficient (Wildman–Crippen LogP) is 2.64. The van der Waals surface area contributed by atoms with Crippen LogP contribution in [0.25, 0.3) is 11.4 Å². The van der Waals surface area contributed by atoms with E-state index in [1.165, 1.54) is 5.56 Å². The number of nitrogens with zero attached hydrogens (tertiary/aromatic N) is 2. The summed E-state index contributed by atoms with van der Waals surface area (Å²) in [6.45, 7) is 2.06. The Balaban J connectivity index is 1.83. The summed E-state index contributed by atoms with van der Waals surface area (Å²) in [5.74, 6) is 1.75. The smallest absolute Gasteiger partial charge is 0.230 e. The van der Waals surface area contributed by atoms with E-state index >= 15 is 0 Å². The Bertz CT molecular complexity index is 532. The van der Waals surface area contributed by atoms with Crippen LogP contribution in [0.2, 0.25) is 0 Å². The van der Waals surface area contributed by atoms with Crippen molar-refractivity contribution in [2.45, 2.75) is 38.1 Å². The molecule has 1 heterocycles. The Labute approximate surface area is 106 Å². The molecule has 2 N–H and O–H groups in total. The number of hydrogen-bond acceptors (Lipinski definition) is 4. The van der Waals surface area contributed by atoms with Crippen LogP contribution in [0.1, 0.15) is 36.6 Å². The second kappa shape index (κ2) is 4.53. The largest absolute Gasteiger partial charge is 0.339 e. The molecule has 18 heavy (non-hydrogen) atoms. The lowest BCUT2D eigenvalue weighted by Crippen LogP contribution is -2.14. The van der Waals surface area contributed by atoms with E-state index in [1.807, 2.05) is 12.1 Å². The third-order valence-corrected chi connectivity index (χ3v) is 3.57. The van der Waals surface area contributed by atoms with Crippen LogP contribution in [0.15, 0.2) is 28.8 Å². The molecule has 1 saturated carbocycles. The highest BCUT2D eigenvalue weighted by molar-refractivity contribution is 5.54. The van der Waals surface area contributed by atoms with Crippen molar-refractivity contribution in [1.82, 2.24) is 10.1 Å². The van der Waals surface area contributed by atoms with Gasteiger partial charge in [-0.15, -0.1) is 0 Å². The monoisotopic (exact) mass is 243 g/mol. The highest BCUT2D eigenvalue weighted by Gasteiger charge is 2.27. The summed E-state index contributed by atoms with van der Waals surface area (Å²) in [5, 5.41) is 4.06. The van der Waals surface area contributed by atoms with Crippen LogP contribution in [0.4, 0.5) is 0 Å². The third-order valence-electron chi connectivity index (χ3n) is 3.57. The SMILES string of the molecule is Cc1ccc(-c2noc(C3CCC(N)C3)n2)cc1. The molecular formula is C14H17N3O. The van der Waals surface area contributed by atoms with Crippen LogP contribution in [-0.4, -0.2) is 16.2 Å². The number of hydrogen-bond donors (Lipinski definition) is 1. The van der Waals surface area contributed by atoms with Crippen molar-refractivity contribution < 1.29 is 4.52 Å². The number of nitrogens with two attached hydrogens (primary N) is 1. The maximum Gasteiger partial charge on any atom is 0.230 e. The second-order valence-corrected chi connectivity index (χ2v) is 5.09. The molecule has 1 aromatic heterocycles. The van der Waals surface area contributed by atoms with Gasteiger partial charge in [-0.1, -0.05) is 35.0 Å². The van der Waals surface area contributed by atoms with Gasteiger partial charge in [0.1, 0.15) is 0 Å². The number of rotatable bonds is 2. The van der Waals surface area contributed by atoms with Crippen LogP contribution in [0.3, 0.4) is 0 Å². The van der Waals surface area contributed by atoms with Crippen molar-refractivity contribution in [3.05, 3.63) is 35.7 Å². The second-order valence-electron chi connectivity index (χ2n) is 5.09. The van der Waals surface area contributed by atoms with Crippen molar-refractivity contribution in [2.24, 2.45) is 5.73 Å². The topological polar surface area (TPSA) is 64.9 Å². The minimum atomic E-state index is 0.282. The molecule has 3 rings (SSSR count). The molecule has 1 fully saturated rings. The molecule has 0 spiro atoms. The molecule has 0 amide bonds. The van der Waals surface area contributed by atoms with E-state index in [0.29, 0.717) is 11.7 Å². The van der Waals surface area contributed by atoms with E-state index in [4.69, 9.17) is 10.3 Å². The highest BCUT2D eigenvalue weighted by Crippen LogP contribution is 2.33. The molecule has 0 saturated heterocycles. The summed E-state index contributed by atoms with van der Waals surface area (Å²) in [6.07, 6.45) is 3.05. The van der Waals surface area contributed by atoms with Crippen LogP contribution in [0, 0.1) is 6.92 Å². The maximum absolute atomic E-state index is 5.91. The van der Waals surface area contributed by atoms with Crippen molar-refractivity contribution in [3.63, 3.8) is 0 Å². The zero-order chi connectivity index (χ0) is 12.5. The Kier molecular flexibility index (Phi) is 2.88. The Hall–Kier alpha value is -1.68. The molecule has 2 atom stereocenters. The minimum absolute atomic E-state index is 0.282. The minimum Gasteiger partial charge on any atom is -0.339 e. The number of aryl methyl sites for hydroxylation is 1. The first-order valence-electron chi connectivity index (χ1n) is 6.38. The van der Waals surface area contributed by atoms with Gasteiger partial charge in [0.15, 0.2) is 0 Å². The zero-order valence-electron chi connectivity index (χ0n) is 10.5. The molecule has 1 aliphatic carbocycles. The van der Waals surface area contributed by atoms with Crippen LogP contribution >= 0.6 is 0 Å². The first-order valence-corrected chi connectivity index (χ1v) is 6.38. The van der Waals surface area contributed by atoms with Gasteiger partial charge in [-0.2, -0.15) is 4.98 Å². The molecule has 2 unspecified atom stereocenters. The summed E-state index contributed by atoms with van der Waals surface area (Å²) in [5.41, 5.74) is 8.13. The van der Waals surface area contributed by atoms with Gasteiger partial charge in [-0.05, 0) is 26.2 Å². The van der Waals surface area contributed by atoms with E-state index in [1.54, 1.807) is 0 Å². The van der Waals surface area contributed by atoms with Crippen LogP contribution < -0.4 is 5.73 Å². The van der Waals surface area contributed by atoms with Crippen LogP contribution in [-0.2, 0) is 0 Å². The van der Waals surface area contributed by atoms with Crippen LogP contribution in [0.5, 0.6) is 0 Å². The summed E-state index contributed by atoms with van der Waals surface area (Å²) < 4.78 is 5.36. The van der Waals surface area contributed by atoms with Gasteiger partial charge in [0, 0.05) is 17.5 Å². The molecule has 1 aliphatic rings. The fraction of sp³-hybridized carbons (Fsp3) is 0.429. The molecule has 2 aromatic rings. The Morgan fingerprint density at radius 1 is 1.22 bits per heavy atom. The lowest BCUT2D eigenvalue weighted by atomic mass is 10.1. The van der Waals surface area contributed by atoms with E-state index in [9.17, 15) is 0 Å². The van der Waals surface area contributed by atoms with Gasteiger partial charge < -0.3 is 10.3 Å². The summed E-state index contributed by atoms with van der Waals surface area (Å²) in [4.78, 5) is 4.49. The number of benzene rings is 1. The van der Waals surface area contributed by atoms with Gasteiger partial charge in [0.05, 0.1) is 0 Å². The van der Waals surface area contributed by atoms with E-state index in [2.05, 4.69) is 29.2 Å². The molecule has 0 aliphatic heterocycles. The fourth-order valence-corrected chi connectivity index (χ4v) is 2.46. The Morgan fingerprint density at radius 2 is 2.00 bits per heavy atom. The normalized spacial score (nSPS) is 23.4. The molecule has 0 bridgehead atoms. The molecule has 4 heteroatoms. The fourth-order valence-electron chi connectivity index (χ4n) is 2.46. The standard InChI is InChI=1S/C14H17N3O/c1-9-2-4-10(5-3-9)13-16-14(18-17-13)11-6-7-12(15)8-11/h2-5,11-12H,6-8,15H2,1H3. The summed E-state index contributed by atoms with van der Waals surface area (Å²) in [7, 11) is 0. The highest BCUT2D eigenvalue weighted by atomic mass is 16.5. The summed E-state index contributed by atoms with van der Waals surface area (Å²) in [6, 6.07) is 8.42. The van der Waals surface area contributed by atoms with E-state index in [-0.39, 0.29) is 6.04 Å². The zero-order valence-corrected chi connectivity index (χ0v) is 10.5. The first kappa shape index (κ1) is 11.4. The molecule has 4 nitrogen and oxygen atoms in total. The van der Waals surface area contributed by atoms with Gasteiger partial charge in [-0.25, -0.2) is 0 Å². The maximum atomic E-state index is 5.91. The summed E-state index contributed by atoms with van der Waals surface area (Å²) >= 11 is 0. The van der Waals surface area contributed by atoms with Crippen molar-refractivity contribution >= 4 is 0 Å². The van der Waals surface area contributed by atoms with Crippen molar-refractivity contribution in [3.8, 4) is 11.4 Å². The van der Waals surface area contributed by atoms with Crippen molar-refractivity contribution in [1.29, 1.82) is 0 Å². The lowest BCUT2D eigenvalue weighted by Gasteiger charge is -2.01. The molecule has 0 radical (unpaired) electrons. The molecule has 94 valence electrons. The predicted molar refractivity (Wildman–Crippen MR) is 69.0 cm³/mol.